The maximum absolute atomic E-state index is 12.0. The molecule has 0 fully saturated rings. The van der Waals surface area contributed by atoms with Crippen molar-refractivity contribution in [2.24, 2.45) is 0 Å². The molecule has 0 aliphatic heterocycles. The molecule has 1 amide bonds. The zero-order valence-electron chi connectivity index (χ0n) is 15.0. The van der Waals surface area contributed by atoms with E-state index in [0.29, 0.717) is 24.3 Å². The molecule has 0 atom stereocenters. The average molecular weight is 364 g/mol. The monoisotopic (exact) mass is 364 g/mol. The van der Waals surface area contributed by atoms with Crippen LogP contribution in [0.5, 0.6) is 5.75 Å². The summed E-state index contributed by atoms with van der Waals surface area (Å²) in [6, 6.07) is 18.4. The van der Waals surface area contributed by atoms with E-state index in [9.17, 15) is 9.59 Å². The fourth-order valence-corrected chi connectivity index (χ4v) is 2.29. The standard InChI is InChI=1S/C21H20N2O4/c1-26-19-9-5-8-17(13-19)12-18(14-22)21(25)27-15-20(24)23-11-10-16-6-3-2-4-7-16/h2-9,12-13H,10-11,15H2,1H3,(H,23,24)/b18-12+. The molecule has 2 aromatic rings. The zero-order valence-corrected chi connectivity index (χ0v) is 15.0. The number of ether oxygens (including phenoxy) is 2. The summed E-state index contributed by atoms with van der Waals surface area (Å²) in [6.45, 7) is -0.00406. The second-order valence-corrected chi connectivity index (χ2v) is 5.61. The van der Waals surface area contributed by atoms with Crippen LogP contribution in [0.3, 0.4) is 0 Å². The van der Waals surface area contributed by atoms with Crippen LogP contribution in [0.25, 0.3) is 6.08 Å². The predicted octanol–water partition coefficient (Wildman–Crippen LogP) is 2.50. The number of esters is 1. The summed E-state index contributed by atoms with van der Waals surface area (Å²) < 4.78 is 10.0. The maximum Gasteiger partial charge on any atom is 0.349 e. The van der Waals surface area contributed by atoms with Crippen LogP contribution in [0.2, 0.25) is 0 Å². The fourth-order valence-electron chi connectivity index (χ4n) is 2.29. The number of hydrogen-bond donors (Lipinski definition) is 1. The highest BCUT2D eigenvalue weighted by atomic mass is 16.5. The Kier molecular flexibility index (Phi) is 7.61. The number of carbonyl (C=O) groups excluding carboxylic acids is 2. The van der Waals surface area contributed by atoms with Crippen LogP contribution >= 0.6 is 0 Å². The van der Waals surface area contributed by atoms with Crippen LogP contribution in [0, 0.1) is 11.3 Å². The maximum atomic E-state index is 12.0. The van der Waals surface area contributed by atoms with Gasteiger partial charge in [0, 0.05) is 6.54 Å². The lowest BCUT2D eigenvalue weighted by Crippen LogP contribution is -2.30. The number of carbonyl (C=O) groups is 2. The number of nitriles is 1. The highest BCUT2D eigenvalue weighted by Gasteiger charge is 2.13. The van der Waals surface area contributed by atoms with Gasteiger partial charge < -0.3 is 14.8 Å². The number of hydrogen-bond acceptors (Lipinski definition) is 5. The first-order valence-corrected chi connectivity index (χ1v) is 8.36. The first kappa shape index (κ1) is 19.7. The Balaban J connectivity index is 1.82. The fraction of sp³-hybridized carbons (Fsp3) is 0.190. The molecular formula is C21H20N2O4. The summed E-state index contributed by atoms with van der Waals surface area (Å²) in [7, 11) is 1.53. The minimum Gasteiger partial charge on any atom is -0.497 e. The summed E-state index contributed by atoms with van der Waals surface area (Å²) in [5, 5.41) is 11.8. The van der Waals surface area contributed by atoms with E-state index in [4.69, 9.17) is 14.7 Å². The van der Waals surface area contributed by atoms with Crippen molar-refractivity contribution in [2.45, 2.75) is 6.42 Å². The summed E-state index contributed by atoms with van der Waals surface area (Å²) in [5.41, 5.74) is 1.53. The molecule has 0 heterocycles. The van der Waals surface area contributed by atoms with Crippen molar-refractivity contribution in [1.29, 1.82) is 5.26 Å². The summed E-state index contributed by atoms with van der Waals surface area (Å²) in [4.78, 5) is 23.8. The molecule has 1 N–H and O–H groups in total. The van der Waals surface area contributed by atoms with Gasteiger partial charge in [0.25, 0.3) is 5.91 Å². The lowest BCUT2D eigenvalue weighted by Gasteiger charge is -2.06. The highest BCUT2D eigenvalue weighted by Crippen LogP contribution is 2.15. The molecule has 0 saturated heterocycles. The molecule has 2 rings (SSSR count). The molecule has 2 aromatic carbocycles. The van der Waals surface area contributed by atoms with Gasteiger partial charge in [0.15, 0.2) is 6.61 Å². The third-order valence-electron chi connectivity index (χ3n) is 3.66. The molecule has 6 heteroatoms. The number of rotatable bonds is 8. The van der Waals surface area contributed by atoms with Gasteiger partial charge in [-0.2, -0.15) is 5.26 Å². The quantitative estimate of drug-likeness (QED) is 0.442. The zero-order chi connectivity index (χ0) is 19.5. The highest BCUT2D eigenvalue weighted by molar-refractivity contribution is 5.98. The van der Waals surface area contributed by atoms with E-state index in [-0.39, 0.29) is 5.57 Å². The molecule has 6 nitrogen and oxygen atoms in total. The SMILES string of the molecule is COc1cccc(/C=C(\C#N)C(=O)OCC(=O)NCCc2ccccc2)c1. The van der Waals surface area contributed by atoms with Crippen molar-refractivity contribution < 1.29 is 19.1 Å². The van der Waals surface area contributed by atoms with Crippen molar-refractivity contribution in [3.63, 3.8) is 0 Å². The van der Waals surface area contributed by atoms with Crippen molar-refractivity contribution in [3.05, 3.63) is 71.3 Å². The van der Waals surface area contributed by atoms with E-state index < -0.39 is 18.5 Å². The van der Waals surface area contributed by atoms with Gasteiger partial charge in [-0.1, -0.05) is 42.5 Å². The molecule has 0 spiro atoms. The van der Waals surface area contributed by atoms with Gasteiger partial charge in [-0.15, -0.1) is 0 Å². The molecular weight excluding hydrogens is 344 g/mol. The molecule has 27 heavy (non-hydrogen) atoms. The van der Waals surface area contributed by atoms with E-state index in [1.165, 1.54) is 13.2 Å². The van der Waals surface area contributed by atoms with Crippen LogP contribution in [0.4, 0.5) is 0 Å². The smallest absolute Gasteiger partial charge is 0.349 e. The molecule has 0 aromatic heterocycles. The molecule has 0 bridgehead atoms. The molecule has 0 aliphatic carbocycles. The van der Waals surface area contributed by atoms with Crippen molar-refractivity contribution >= 4 is 18.0 Å². The first-order chi connectivity index (χ1) is 13.1. The minimum absolute atomic E-state index is 0.194. The topological polar surface area (TPSA) is 88.4 Å². The van der Waals surface area contributed by atoms with Crippen LogP contribution in [-0.2, 0) is 20.7 Å². The lowest BCUT2D eigenvalue weighted by molar-refractivity contribution is -0.144. The van der Waals surface area contributed by atoms with E-state index in [2.05, 4.69) is 5.32 Å². The lowest BCUT2D eigenvalue weighted by atomic mass is 10.1. The van der Waals surface area contributed by atoms with Gasteiger partial charge in [-0.3, -0.25) is 4.79 Å². The number of benzene rings is 2. The molecule has 0 aliphatic rings. The Morgan fingerprint density at radius 2 is 1.93 bits per heavy atom. The van der Waals surface area contributed by atoms with Gasteiger partial charge in [-0.05, 0) is 35.8 Å². The van der Waals surface area contributed by atoms with Gasteiger partial charge >= 0.3 is 5.97 Å². The van der Waals surface area contributed by atoms with Crippen molar-refractivity contribution in [3.8, 4) is 11.8 Å². The molecule has 0 saturated carbocycles. The number of methoxy groups -OCH3 is 1. The second kappa shape index (κ2) is 10.4. The Bertz CT molecular complexity index is 854. The van der Waals surface area contributed by atoms with E-state index >= 15 is 0 Å². The van der Waals surface area contributed by atoms with E-state index in [1.54, 1.807) is 30.3 Å². The van der Waals surface area contributed by atoms with Crippen LogP contribution in [0.15, 0.2) is 60.2 Å². The van der Waals surface area contributed by atoms with Crippen LogP contribution in [-0.4, -0.2) is 32.1 Å². The van der Waals surface area contributed by atoms with Crippen LogP contribution in [0.1, 0.15) is 11.1 Å². The van der Waals surface area contributed by atoms with Crippen molar-refractivity contribution in [2.75, 3.05) is 20.3 Å². The number of nitrogens with one attached hydrogen (secondary N) is 1. The van der Waals surface area contributed by atoms with Gasteiger partial charge in [0.2, 0.25) is 0 Å². The second-order valence-electron chi connectivity index (χ2n) is 5.61. The van der Waals surface area contributed by atoms with E-state index in [0.717, 1.165) is 5.56 Å². The number of amides is 1. The predicted molar refractivity (Wildman–Crippen MR) is 101 cm³/mol. The Hall–Kier alpha value is -3.59. The Labute approximate surface area is 158 Å². The summed E-state index contributed by atoms with van der Waals surface area (Å²) in [6.07, 6.45) is 2.07. The first-order valence-electron chi connectivity index (χ1n) is 8.36. The molecule has 0 unspecified atom stereocenters. The van der Waals surface area contributed by atoms with Crippen molar-refractivity contribution in [1.82, 2.24) is 5.32 Å². The Morgan fingerprint density at radius 1 is 1.15 bits per heavy atom. The minimum atomic E-state index is -0.849. The normalized spacial score (nSPS) is 10.6. The molecule has 138 valence electrons. The van der Waals surface area contributed by atoms with Gasteiger partial charge in [0.05, 0.1) is 7.11 Å². The third kappa shape index (κ3) is 6.67. The molecule has 0 radical (unpaired) electrons. The number of nitrogens with zero attached hydrogens (tertiary/aromatic N) is 1. The summed E-state index contributed by atoms with van der Waals surface area (Å²) >= 11 is 0. The van der Waals surface area contributed by atoms with Gasteiger partial charge in [-0.25, -0.2) is 4.79 Å². The van der Waals surface area contributed by atoms with E-state index in [1.807, 2.05) is 30.3 Å². The third-order valence-corrected chi connectivity index (χ3v) is 3.66. The largest absolute Gasteiger partial charge is 0.497 e. The van der Waals surface area contributed by atoms with Gasteiger partial charge in [0.1, 0.15) is 17.4 Å². The Morgan fingerprint density at radius 3 is 2.63 bits per heavy atom. The van der Waals surface area contributed by atoms with Crippen LogP contribution < -0.4 is 10.1 Å². The summed E-state index contributed by atoms with van der Waals surface area (Å²) in [5.74, 6) is -0.663. The average Bonchev–Trinajstić information content (AvgIpc) is 2.71.